The maximum Gasteiger partial charge on any atom is 0.321 e. The van der Waals surface area contributed by atoms with Crippen molar-refractivity contribution in [1.29, 1.82) is 0 Å². The maximum absolute atomic E-state index is 12.5. The molecule has 3 aromatic rings. The average molecular weight is 366 g/mol. The molecule has 26 heavy (non-hydrogen) atoms. The van der Waals surface area contributed by atoms with Crippen molar-refractivity contribution in [3.63, 3.8) is 0 Å². The highest BCUT2D eigenvalue weighted by molar-refractivity contribution is 7.22. The fourth-order valence-corrected chi connectivity index (χ4v) is 4.21. The molecule has 0 unspecified atom stereocenters. The van der Waals surface area contributed by atoms with Gasteiger partial charge >= 0.3 is 6.03 Å². The van der Waals surface area contributed by atoms with Crippen molar-refractivity contribution in [3.8, 4) is 0 Å². The van der Waals surface area contributed by atoms with Gasteiger partial charge in [0.2, 0.25) is 0 Å². The van der Waals surface area contributed by atoms with Gasteiger partial charge in [-0.25, -0.2) is 9.78 Å². The minimum atomic E-state index is -0.0339. The molecule has 0 aliphatic carbocycles. The summed E-state index contributed by atoms with van der Waals surface area (Å²) in [7, 11) is 0. The van der Waals surface area contributed by atoms with E-state index in [1.54, 1.807) is 11.3 Å². The van der Waals surface area contributed by atoms with Gasteiger partial charge in [0.1, 0.15) is 0 Å². The summed E-state index contributed by atoms with van der Waals surface area (Å²) in [6.07, 6.45) is 0. The summed E-state index contributed by atoms with van der Waals surface area (Å²) in [6, 6.07) is 14.2. The number of hydrogen-bond acceptors (Lipinski definition) is 4. The smallest absolute Gasteiger partial charge is 0.321 e. The van der Waals surface area contributed by atoms with Crippen LogP contribution in [0.1, 0.15) is 11.1 Å². The molecule has 1 aliphatic rings. The monoisotopic (exact) mass is 366 g/mol. The molecule has 0 atom stereocenters. The van der Waals surface area contributed by atoms with Crippen LogP contribution in [0.4, 0.5) is 15.6 Å². The van der Waals surface area contributed by atoms with E-state index in [2.05, 4.69) is 35.3 Å². The summed E-state index contributed by atoms with van der Waals surface area (Å²) < 4.78 is 1.22. The second-order valence-corrected chi connectivity index (χ2v) is 7.75. The quantitative estimate of drug-likeness (QED) is 0.737. The van der Waals surface area contributed by atoms with E-state index < -0.39 is 0 Å². The molecule has 5 nitrogen and oxygen atoms in total. The number of aryl methyl sites for hydroxylation is 2. The average Bonchev–Trinajstić information content (AvgIpc) is 3.07. The van der Waals surface area contributed by atoms with Crippen LogP contribution >= 0.6 is 11.3 Å². The van der Waals surface area contributed by atoms with Gasteiger partial charge in [0.15, 0.2) is 5.13 Å². The second-order valence-electron chi connectivity index (χ2n) is 6.74. The lowest BCUT2D eigenvalue weighted by molar-refractivity contribution is 0.208. The minimum absolute atomic E-state index is 0.0339. The van der Waals surface area contributed by atoms with Gasteiger partial charge in [-0.2, -0.15) is 0 Å². The SMILES string of the molecule is Cc1ccc(NC(=O)N2CCN(c3nc4ccc(C)cc4s3)CC2)cc1. The molecule has 2 aromatic carbocycles. The van der Waals surface area contributed by atoms with Crippen molar-refractivity contribution < 1.29 is 4.79 Å². The van der Waals surface area contributed by atoms with Gasteiger partial charge in [-0.3, -0.25) is 0 Å². The standard InChI is InChI=1S/C20H22N4OS/c1-14-3-6-16(7-4-14)21-19(25)23-9-11-24(12-10-23)20-22-17-8-5-15(2)13-18(17)26-20/h3-8,13H,9-12H2,1-2H3,(H,21,25). The Balaban J connectivity index is 1.38. The van der Waals surface area contributed by atoms with Crippen LogP contribution in [0.2, 0.25) is 0 Å². The molecule has 1 aromatic heterocycles. The van der Waals surface area contributed by atoms with E-state index in [1.807, 2.05) is 36.1 Å². The number of urea groups is 1. The zero-order valence-electron chi connectivity index (χ0n) is 15.0. The van der Waals surface area contributed by atoms with Crippen LogP contribution in [-0.2, 0) is 0 Å². The number of hydrogen-bond donors (Lipinski definition) is 1. The van der Waals surface area contributed by atoms with Gasteiger partial charge in [-0.05, 0) is 43.7 Å². The third kappa shape index (κ3) is 3.51. The van der Waals surface area contributed by atoms with Crippen LogP contribution < -0.4 is 10.2 Å². The molecule has 1 fully saturated rings. The molecule has 0 radical (unpaired) electrons. The third-order valence-corrected chi connectivity index (χ3v) is 5.75. The number of nitrogens with one attached hydrogen (secondary N) is 1. The highest BCUT2D eigenvalue weighted by atomic mass is 32.1. The number of fused-ring (bicyclic) bond motifs is 1. The molecule has 134 valence electrons. The van der Waals surface area contributed by atoms with Crippen LogP contribution in [0.3, 0.4) is 0 Å². The first-order chi connectivity index (χ1) is 12.6. The lowest BCUT2D eigenvalue weighted by atomic mass is 10.2. The Morgan fingerprint density at radius 1 is 1.00 bits per heavy atom. The number of anilines is 2. The molecule has 0 spiro atoms. The highest BCUT2D eigenvalue weighted by Crippen LogP contribution is 2.30. The summed E-state index contributed by atoms with van der Waals surface area (Å²) in [6.45, 7) is 7.15. The van der Waals surface area contributed by atoms with Crippen LogP contribution in [-0.4, -0.2) is 42.1 Å². The Morgan fingerprint density at radius 2 is 1.69 bits per heavy atom. The van der Waals surface area contributed by atoms with Crippen molar-refractivity contribution in [2.24, 2.45) is 0 Å². The minimum Gasteiger partial charge on any atom is -0.345 e. The van der Waals surface area contributed by atoms with E-state index in [1.165, 1.54) is 15.8 Å². The number of nitrogens with zero attached hydrogens (tertiary/aromatic N) is 3. The van der Waals surface area contributed by atoms with E-state index in [0.717, 1.165) is 29.4 Å². The number of piperazine rings is 1. The first kappa shape index (κ1) is 16.8. The molecule has 1 aliphatic heterocycles. The summed E-state index contributed by atoms with van der Waals surface area (Å²) in [4.78, 5) is 21.3. The third-order valence-electron chi connectivity index (χ3n) is 4.67. The molecule has 1 N–H and O–H groups in total. The molecular formula is C20H22N4OS. The molecule has 0 saturated carbocycles. The Morgan fingerprint density at radius 3 is 2.42 bits per heavy atom. The number of aromatic nitrogens is 1. The molecule has 2 amide bonds. The second kappa shape index (κ2) is 6.96. The molecule has 4 rings (SSSR count). The van der Waals surface area contributed by atoms with Crippen molar-refractivity contribution in [2.45, 2.75) is 13.8 Å². The van der Waals surface area contributed by atoms with E-state index in [4.69, 9.17) is 4.98 Å². The lowest BCUT2D eigenvalue weighted by Crippen LogP contribution is -2.50. The zero-order valence-corrected chi connectivity index (χ0v) is 15.8. The van der Waals surface area contributed by atoms with Gasteiger partial charge < -0.3 is 15.1 Å². The summed E-state index contributed by atoms with van der Waals surface area (Å²) in [5.41, 5.74) is 4.33. The fourth-order valence-electron chi connectivity index (χ4n) is 3.10. The topological polar surface area (TPSA) is 48.5 Å². The molecule has 2 heterocycles. The summed E-state index contributed by atoms with van der Waals surface area (Å²) >= 11 is 1.73. The Hall–Kier alpha value is -2.60. The lowest BCUT2D eigenvalue weighted by Gasteiger charge is -2.34. The van der Waals surface area contributed by atoms with Gasteiger partial charge in [0, 0.05) is 31.9 Å². The number of benzene rings is 2. The molecule has 0 bridgehead atoms. The van der Waals surface area contributed by atoms with Crippen LogP contribution in [0.15, 0.2) is 42.5 Å². The number of thiazole rings is 1. The van der Waals surface area contributed by atoms with Crippen LogP contribution in [0.25, 0.3) is 10.2 Å². The highest BCUT2D eigenvalue weighted by Gasteiger charge is 2.23. The van der Waals surface area contributed by atoms with Gasteiger partial charge in [-0.15, -0.1) is 0 Å². The molecular weight excluding hydrogens is 344 g/mol. The Bertz CT molecular complexity index is 927. The number of rotatable bonds is 2. The van der Waals surface area contributed by atoms with Crippen molar-refractivity contribution in [1.82, 2.24) is 9.88 Å². The van der Waals surface area contributed by atoms with Crippen molar-refractivity contribution >= 4 is 38.4 Å². The van der Waals surface area contributed by atoms with E-state index in [0.29, 0.717) is 13.1 Å². The predicted octanol–water partition coefficient (Wildman–Crippen LogP) is 4.27. The fraction of sp³-hybridized carbons (Fsp3) is 0.300. The number of carbonyl (C=O) groups excluding carboxylic acids is 1. The Kier molecular flexibility index (Phi) is 4.51. The first-order valence-corrected chi connectivity index (χ1v) is 9.65. The van der Waals surface area contributed by atoms with E-state index in [9.17, 15) is 4.79 Å². The summed E-state index contributed by atoms with van der Waals surface area (Å²) in [5.74, 6) is 0. The molecule has 1 saturated heterocycles. The Labute approximate surface area is 157 Å². The predicted molar refractivity (Wildman–Crippen MR) is 108 cm³/mol. The van der Waals surface area contributed by atoms with Crippen molar-refractivity contribution in [2.75, 3.05) is 36.4 Å². The zero-order chi connectivity index (χ0) is 18.1. The van der Waals surface area contributed by atoms with E-state index in [-0.39, 0.29) is 6.03 Å². The molecule has 6 heteroatoms. The van der Waals surface area contributed by atoms with E-state index >= 15 is 0 Å². The van der Waals surface area contributed by atoms with Crippen LogP contribution in [0.5, 0.6) is 0 Å². The number of carbonyl (C=O) groups is 1. The van der Waals surface area contributed by atoms with Crippen LogP contribution in [0, 0.1) is 13.8 Å². The van der Waals surface area contributed by atoms with Gasteiger partial charge in [0.25, 0.3) is 0 Å². The maximum atomic E-state index is 12.5. The van der Waals surface area contributed by atoms with Gasteiger partial charge in [0.05, 0.1) is 10.2 Å². The van der Waals surface area contributed by atoms with Crippen molar-refractivity contribution in [3.05, 3.63) is 53.6 Å². The number of amides is 2. The first-order valence-electron chi connectivity index (χ1n) is 8.83. The van der Waals surface area contributed by atoms with Gasteiger partial charge in [-0.1, -0.05) is 35.1 Å². The largest absolute Gasteiger partial charge is 0.345 e. The summed E-state index contributed by atoms with van der Waals surface area (Å²) in [5, 5.41) is 4.02. The normalized spacial score (nSPS) is 14.7.